The first-order chi connectivity index (χ1) is 12.6. The van der Waals surface area contributed by atoms with Crippen LogP contribution in [0.4, 0.5) is 11.4 Å². The van der Waals surface area contributed by atoms with Gasteiger partial charge in [-0.3, -0.25) is 10.1 Å². The van der Waals surface area contributed by atoms with Crippen LogP contribution in [0.15, 0.2) is 53.4 Å². The summed E-state index contributed by atoms with van der Waals surface area (Å²) in [5.74, 6) is 4.81. The highest BCUT2D eigenvalue weighted by Gasteiger charge is 2.15. The molecule has 134 valence electrons. The van der Waals surface area contributed by atoms with Gasteiger partial charge in [-0.05, 0) is 30.7 Å². The number of thioether (sulfide) groups is 1. The fraction of sp³-hybridized carbons (Fsp3) is 0.211. The molecule has 0 saturated heterocycles. The Morgan fingerprint density at radius 2 is 2.04 bits per heavy atom. The van der Waals surface area contributed by atoms with Crippen molar-refractivity contribution in [2.75, 3.05) is 17.6 Å². The summed E-state index contributed by atoms with van der Waals surface area (Å²) in [6, 6.07) is 14.7. The number of ether oxygens (including phenoxy) is 1. The monoisotopic (exact) mass is 370 g/mol. The molecule has 1 N–H and O–H groups in total. The van der Waals surface area contributed by atoms with Gasteiger partial charge in [0.2, 0.25) is 0 Å². The Labute approximate surface area is 156 Å². The van der Waals surface area contributed by atoms with Gasteiger partial charge in [-0.1, -0.05) is 30.2 Å². The second-order valence-corrected chi connectivity index (χ2v) is 6.32. The van der Waals surface area contributed by atoms with Crippen LogP contribution < -0.4 is 5.32 Å². The second kappa shape index (κ2) is 10.1. The molecule has 7 heteroatoms. The van der Waals surface area contributed by atoms with E-state index in [1.54, 1.807) is 23.9 Å². The number of esters is 1. The minimum atomic E-state index is -0.657. The summed E-state index contributed by atoms with van der Waals surface area (Å²) in [5.41, 5.74) is 0.920. The SMILES string of the molecule is CC#CC(=O)OCc1ccc(NCCSc2ccccc2)c([N+](=O)[O-])c1. The summed E-state index contributed by atoms with van der Waals surface area (Å²) in [5, 5.41) is 14.4. The number of carbonyl (C=O) groups excluding carboxylic acids is 1. The lowest BCUT2D eigenvalue weighted by atomic mass is 10.2. The zero-order valence-corrected chi connectivity index (χ0v) is 15.0. The van der Waals surface area contributed by atoms with E-state index in [2.05, 4.69) is 17.2 Å². The predicted octanol–water partition coefficient (Wildman–Crippen LogP) is 3.87. The third-order valence-corrected chi connectivity index (χ3v) is 4.30. The zero-order chi connectivity index (χ0) is 18.8. The number of rotatable bonds is 8. The lowest BCUT2D eigenvalue weighted by molar-refractivity contribution is -0.384. The molecule has 26 heavy (non-hydrogen) atoms. The number of nitrogens with one attached hydrogen (secondary N) is 1. The van der Waals surface area contributed by atoms with E-state index in [1.165, 1.54) is 13.0 Å². The molecule has 0 saturated carbocycles. The molecule has 0 aliphatic rings. The molecule has 0 atom stereocenters. The van der Waals surface area contributed by atoms with Crippen molar-refractivity contribution in [1.29, 1.82) is 0 Å². The van der Waals surface area contributed by atoms with E-state index < -0.39 is 10.9 Å². The van der Waals surface area contributed by atoms with Crippen LogP contribution in [0.25, 0.3) is 0 Å². The average molecular weight is 370 g/mol. The van der Waals surface area contributed by atoms with Gasteiger partial charge in [0.05, 0.1) is 4.92 Å². The van der Waals surface area contributed by atoms with Gasteiger partial charge in [-0.25, -0.2) is 4.79 Å². The largest absolute Gasteiger partial charge is 0.451 e. The molecular formula is C19H18N2O4S. The maximum absolute atomic E-state index is 11.3. The van der Waals surface area contributed by atoms with E-state index in [-0.39, 0.29) is 12.3 Å². The van der Waals surface area contributed by atoms with Gasteiger partial charge in [0, 0.05) is 29.2 Å². The van der Waals surface area contributed by atoms with Crippen molar-refractivity contribution in [3.05, 3.63) is 64.2 Å². The van der Waals surface area contributed by atoms with Gasteiger partial charge in [0.15, 0.2) is 0 Å². The molecule has 0 aliphatic carbocycles. The highest BCUT2D eigenvalue weighted by Crippen LogP contribution is 2.26. The van der Waals surface area contributed by atoms with E-state index in [0.717, 1.165) is 10.6 Å². The van der Waals surface area contributed by atoms with Crippen LogP contribution in [0, 0.1) is 22.0 Å². The summed E-state index contributed by atoms with van der Waals surface area (Å²) in [6.07, 6.45) is 0. The standard InChI is InChI=1S/C19H18N2O4S/c1-2-6-19(22)25-14-15-9-10-17(18(13-15)21(23)24)20-11-12-26-16-7-4-3-5-8-16/h3-5,7-10,13,20H,11-12,14H2,1H3. The lowest BCUT2D eigenvalue weighted by Crippen LogP contribution is -2.07. The van der Waals surface area contributed by atoms with Crippen LogP contribution in [0.2, 0.25) is 0 Å². The van der Waals surface area contributed by atoms with Crippen molar-refractivity contribution in [3.63, 3.8) is 0 Å². The third-order valence-electron chi connectivity index (χ3n) is 3.29. The second-order valence-electron chi connectivity index (χ2n) is 5.15. The topological polar surface area (TPSA) is 81.5 Å². The first-order valence-corrected chi connectivity index (χ1v) is 8.87. The van der Waals surface area contributed by atoms with Crippen molar-refractivity contribution in [2.45, 2.75) is 18.4 Å². The summed E-state index contributed by atoms with van der Waals surface area (Å²) >= 11 is 1.67. The van der Waals surface area contributed by atoms with E-state index in [4.69, 9.17) is 4.74 Å². The molecule has 0 aliphatic heterocycles. The van der Waals surface area contributed by atoms with Gasteiger partial charge in [-0.15, -0.1) is 11.8 Å². The number of hydrogen-bond acceptors (Lipinski definition) is 6. The van der Waals surface area contributed by atoms with Crippen molar-refractivity contribution in [2.24, 2.45) is 0 Å². The van der Waals surface area contributed by atoms with Crippen molar-refractivity contribution >= 4 is 29.1 Å². The molecule has 0 fully saturated rings. The molecule has 0 amide bonds. The Morgan fingerprint density at radius 1 is 1.27 bits per heavy atom. The molecule has 2 aromatic carbocycles. The summed E-state index contributed by atoms with van der Waals surface area (Å²) in [6.45, 7) is 2.06. The van der Waals surface area contributed by atoms with E-state index in [1.807, 2.05) is 30.3 Å². The van der Waals surface area contributed by atoms with E-state index in [9.17, 15) is 14.9 Å². The molecule has 0 radical (unpaired) electrons. The van der Waals surface area contributed by atoms with Gasteiger partial charge in [0.25, 0.3) is 5.69 Å². The van der Waals surface area contributed by atoms with Crippen LogP contribution in [0.5, 0.6) is 0 Å². The number of anilines is 1. The number of nitrogens with zero attached hydrogens (tertiary/aromatic N) is 1. The Balaban J connectivity index is 1.93. The van der Waals surface area contributed by atoms with Gasteiger partial charge in [-0.2, -0.15) is 0 Å². The smallest absolute Gasteiger partial charge is 0.384 e. The summed E-state index contributed by atoms with van der Waals surface area (Å²) < 4.78 is 4.93. The Kier molecular flexibility index (Phi) is 7.52. The van der Waals surface area contributed by atoms with Crippen molar-refractivity contribution in [3.8, 4) is 11.8 Å². The maximum Gasteiger partial charge on any atom is 0.384 e. The number of carbonyl (C=O) groups is 1. The zero-order valence-electron chi connectivity index (χ0n) is 14.2. The molecule has 2 aromatic rings. The molecule has 0 unspecified atom stereocenters. The first kappa shape index (κ1) is 19.3. The van der Waals surface area contributed by atoms with Gasteiger partial charge >= 0.3 is 5.97 Å². The van der Waals surface area contributed by atoms with E-state index in [0.29, 0.717) is 17.8 Å². The third kappa shape index (κ3) is 6.15. The van der Waals surface area contributed by atoms with Gasteiger partial charge in [0.1, 0.15) is 12.3 Å². The molecular weight excluding hydrogens is 352 g/mol. The lowest BCUT2D eigenvalue weighted by Gasteiger charge is -2.09. The highest BCUT2D eigenvalue weighted by molar-refractivity contribution is 7.99. The van der Waals surface area contributed by atoms with Crippen molar-refractivity contribution in [1.82, 2.24) is 0 Å². The molecule has 0 bridgehead atoms. The number of hydrogen-bond donors (Lipinski definition) is 1. The Morgan fingerprint density at radius 3 is 2.73 bits per heavy atom. The normalized spacial score (nSPS) is 9.73. The minimum absolute atomic E-state index is 0.0511. The first-order valence-electron chi connectivity index (χ1n) is 7.88. The van der Waals surface area contributed by atoms with Crippen molar-refractivity contribution < 1.29 is 14.5 Å². The number of nitro groups is 1. The fourth-order valence-corrected chi connectivity index (χ4v) is 2.92. The fourth-order valence-electron chi connectivity index (χ4n) is 2.13. The Bertz CT molecular complexity index is 828. The maximum atomic E-state index is 11.3. The molecule has 0 heterocycles. The Hall–Kier alpha value is -2.98. The van der Waals surface area contributed by atoms with E-state index >= 15 is 0 Å². The number of nitro benzene ring substituents is 1. The summed E-state index contributed by atoms with van der Waals surface area (Å²) in [7, 11) is 0. The van der Waals surface area contributed by atoms with Crippen LogP contribution in [-0.4, -0.2) is 23.2 Å². The quantitative estimate of drug-likeness (QED) is 0.144. The van der Waals surface area contributed by atoms with Crippen LogP contribution in [-0.2, 0) is 16.1 Å². The highest BCUT2D eigenvalue weighted by atomic mass is 32.2. The van der Waals surface area contributed by atoms with Crippen LogP contribution in [0.1, 0.15) is 12.5 Å². The van der Waals surface area contributed by atoms with Crippen LogP contribution >= 0.6 is 11.8 Å². The molecule has 6 nitrogen and oxygen atoms in total. The van der Waals surface area contributed by atoms with Gasteiger partial charge < -0.3 is 10.1 Å². The molecule has 0 aromatic heterocycles. The van der Waals surface area contributed by atoms with Crippen LogP contribution in [0.3, 0.4) is 0 Å². The molecule has 2 rings (SSSR count). The molecule has 0 spiro atoms. The summed E-state index contributed by atoms with van der Waals surface area (Å²) in [4.78, 5) is 23.2. The average Bonchev–Trinajstić information content (AvgIpc) is 2.65. The number of benzene rings is 2. The predicted molar refractivity (Wildman–Crippen MR) is 102 cm³/mol. The minimum Gasteiger partial charge on any atom is -0.451 e.